The van der Waals surface area contributed by atoms with Crippen molar-refractivity contribution in [3.8, 4) is 5.75 Å². The van der Waals surface area contributed by atoms with E-state index in [-0.39, 0.29) is 0 Å². The van der Waals surface area contributed by atoms with Crippen LogP contribution < -0.4 is 10.1 Å². The third kappa shape index (κ3) is 4.41. The van der Waals surface area contributed by atoms with Gasteiger partial charge in [-0.2, -0.15) is 0 Å². The lowest BCUT2D eigenvalue weighted by atomic mass is 10.0. The third-order valence-corrected chi connectivity index (χ3v) is 3.83. The summed E-state index contributed by atoms with van der Waals surface area (Å²) >= 11 is 0. The Morgan fingerprint density at radius 3 is 3.05 bits per heavy atom. The average Bonchev–Trinajstić information content (AvgIpc) is 2.63. The smallest absolute Gasteiger partial charge is 0.168 e. The minimum Gasteiger partial charge on any atom is -0.490 e. The number of nitrogens with zero attached hydrogens (tertiary/aromatic N) is 1. The van der Waals surface area contributed by atoms with Gasteiger partial charge < -0.3 is 10.1 Å². The third-order valence-electron chi connectivity index (χ3n) is 3.83. The molecule has 1 heterocycles. The zero-order valence-corrected chi connectivity index (χ0v) is 12.2. The second-order valence-electron chi connectivity index (χ2n) is 5.65. The SMILES string of the molecule is CCCOc1cccnc1NC1CCCC(C)CC1. The highest BCUT2D eigenvalue weighted by molar-refractivity contribution is 5.50. The molecule has 1 saturated carbocycles. The maximum atomic E-state index is 5.76. The molecule has 3 nitrogen and oxygen atoms in total. The summed E-state index contributed by atoms with van der Waals surface area (Å²) in [6.45, 7) is 5.23. The van der Waals surface area contributed by atoms with E-state index in [2.05, 4.69) is 24.1 Å². The van der Waals surface area contributed by atoms with Crippen LogP contribution >= 0.6 is 0 Å². The second-order valence-corrected chi connectivity index (χ2v) is 5.65. The minimum atomic E-state index is 0.545. The Kier molecular flexibility index (Phi) is 5.49. The van der Waals surface area contributed by atoms with E-state index in [0.29, 0.717) is 6.04 Å². The van der Waals surface area contributed by atoms with Gasteiger partial charge in [0.15, 0.2) is 11.6 Å². The normalized spacial score (nSPS) is 23.7. The van der Waals surface area contributed by atoms with E-state index in [9.17, 15) is 0 Å². The van der Waals surface area contributed by atoms with Gasteiger partial charge in [0, 0.05) is 12.2 Å². The standard InChI is InChI=1S/C16H26N2O/c1-3-12-19-15-8-5-11-17-16(15)18-14-7-4-6-13(2)9-10-14/h5,8,11,13-14H,3-4,6-7,9-10,12H2,1-2H3,(H,17,18). The highest BCUT2D eigenvalue weighted by Gasteiger charge is 2.17. The van der Waals surface area contributed by atoms with E-state index in [0.717, 1.165) is 30.5 Å². The molecule has 0 aromatic carbocycles. The molecule has 1 aromatic rings. The van der Waals surface area contributed by atoms with Gasteiger partial charge in [0.2, 0.25) is 0 Å². The average molecular weight is 262 g/mol. The molecule has 1 aromatic heterocycles. The molecule has 0 bridgehead atoms. The van der Waals surface area contributed by atoms with Gasteiger partial charge in [-0.15, -0.1) is 0 Å². The monoisotopic (exact) mass is 262 g/mol. The predicted molar refractivity (Wildman–Crippen MR) is 79.7 cm³/mol. The number of hydrogen-bond donors (Lipinski definition) is 1. The van der Waals surface area contributed by atoms with Crippen molar-refractivity contribution in [3.05, 3.63) is 18.3 Å². The summed E-state index contributed by atoms with van der Waals surface area (Å²) in [5.41, 5.74) is 0. The number of pyridine rings is 1. The van der Waals surface area contributed by atoms with E-state index in [4.69, 9.17) is 4.74 Å². The molecule has 2 unspecified atom stereocenters. The molecule has 1 aliphatic rings. The molecule has 1 N–H and O–H groups in total. The summed E-state index contributed by atoms with van der Waals surface area (Å²) in [6.07, 6.45) is 9.33. The van der Waals surface area contributed by atoms with E-state index in [1.165, 1.54) is 32.1 Å². The largest absolute Gasteiger partial charge is 0.490 e. The van der Waals surface area contributed by atoms with E-state index in [1.807, 2.05) is 18.3 Å². The van der Waals surface area contributed by atoms with Crippen LogP contribution in [0.3, 0.4) is 0 Å². The molecule has 2 rings (SSSR count). The fourth-order valence-electron chi connectivity index (χ4n) is 2.65. The lowest BCUT2D eigenvalue weighted by Gasteiger charge is -2.19. The number of rotatable bonds is 5. The summed E-state index contributed by atoms with van der Waals surface area (Å²) in [5, 5.41) is 3.58. The molecule has 3 heteroatoms. The van der Waals surface area contributed by atoms with Crippen molar-refractivity contribution in [2.24, 2.45) is 5.92 Å². The first-order chi connectivity index (χ1) is 9.29. The van der Waals surface area contributed by atoms with Crippen LogP contribution in [0.2, 0.25) is 0 Å². The maximum Gasteiger partial charge on any atom is 0.168 e. The molecule has 0 radical (unpaired) electrons. The summed E-state index contributed by atoms with van der Waals surface area (Å²) < 4.78 is 5.76. The van der Waals surface area contributed by atoms with Crippen LogP contribution in [0.25, 0.3) is 0 Å². The maximum absolute atomic E-state index is 5.76. The van der Waals surface area contributed by atoms with Crippen LogP contribution in [-0.2, 0) is 0 Å². The molecule has 0 spiro atoms. The lowest BCUT2D eigenvalue weighted by molar-refractivity contribution is 0.317. The van der Waals surface area contributed by atoms with Crippen LogP contribution in [0.4, 0.5) is 5.82 Å². The molecule has 0 aliphatic heterocycles. The van der Waals surface area contributed by atoms with Crippen LogP contribution in [0.1, 0.15) is 52.4 Å². The summed E-state index contributed by atoms with van der Waals surface area (Å²) in [7, 11) is 0. The van der Waals surface area contributed by atoms with E-state index < -0.39 is 0 Å². The number of aromatic nitrogens is 1. The first kappa shape index (κ1) is 14.2. The van der Waals surface area contributed by atoms with Crippen molar-refractivity contribution in [2.75, 3.05) is 11.9 Å². The van der Waals surface area contributed by atoms with Crippen molar-refractivity contribution >= 4 is 5.82 Å². The van der Waals surface area contributed by atoms with Crippen molar-refractivity contribution < 1.29 is 4.74 Å². The Morgan fingerprint density at radius 2 is 2.21 bits per heavy atom. The molecule has 2 atom stereocenters. The van der Waals surface area contributed by atoms with Crippen LogP contribution in [0, 0.1) is 5.92 Å². The number of hydrogen-bond acceptors (Lipinski definition) is 3. The molecule has 106 valence electrons. The predicted octanol–water partition coefficient (Wildman–Crippen LogP) is 4.25. The van der Waals surface area contributed by atoms with Gasteiger partial charge in [-0.05, 0) is 43.7 Å². The molecular weight excluding hydrogens is 236 g/mol. The minimum absolute atomic E-state index is 0.545. The Hall–Kier alpha value is -1.25. The van der Waals surface area contributed by atoms with E-state index in [1.54, 1.807) is 0 Å². The topological polar surface area (TPSA) is 34.1 Å². The number of nitrogens with one attached hydrogen (secondary N) is 1. The molecule has 0 saturated heterocycles. The van der Waals surface area contributed by atoms with Crippen LogP contribution in [0.15, 0.2) is 18.3 Å². The fraction of sp³-hybridized carbons (Fsp3) is 0.688. The first-order valence-corrected chi connectivity index (χ1v) is 7.64. The van der Waals surface area contributed by atoms with E-state index >= 15 is 0 Å². The summed E-state index contributed by atoms with van der Waals surface area (Å²) in [5.74, 6) is 2.67. The molecule has 0 amide bonds. The zero-order valence-electron chi connectivity index (χ0n) is 12.2. The number of ether oxygens (including phenoxy) is 1. The van der Waals surface area contributed by atoms with Crippen LogP contribution in [0.5, 0.6) is 5.75 Å². The second kappa shape index (κ2) is 7.37. The Bertz CT molecular complexity index is 381. The van der Waals surface area contributed by atoms with Crippen molar-refractivity contribution in [3.63, 3.8) is 0 Å². The Labute approximate surface area is 116 Å². The van der Waals surface area contributed by atoms with Crippen LogP contribution in [-0.4, -0.2) is 17.6 Å². The molecule has 1 fully saturated rings. The molecule has 1 aliphatic carbocycles. The Balaban J connectivity index is 1.97. The quantitative estimate of drug-likeness (QED) is 0.805. The Morgan fingerprint density at radius 1 is 1.32 bits per heavy atom. The highest BCUT2D eigenvalue weighted by atomic mass is 16.5. The van der Waals surface area contributed by atoms with Gasteiger partial charge in [0.25, 0.3) is 0 Å². The van der Waals surface area contributed by atoms with Gasteiger partial charge in [-0.25, -0.2) is 4.98 Å². The van der Waals surface area contributed by atoms with Crippen molar-refractivity contribution in [1.29, 1.82) is 0 Å². The number of anilines is 1. The molecular formula is C16H26N2O. The van der Waals surface area contributed by atoms with Gasteiger partial charge >= 0.3 is 0 Å². The molecule has 19 heavy (non-hydrogen) atoms. The first-order valence-electron chi connectivity index (χ1n) is 7.64. The van der Waals surface area contributed by atoms with Gasteiger partial charge in [-0.1, -0.05) is 26.7 Å². The van der Waals surface area contributed by atoms with Crippen molar-refractivity contribution in [2.45, 2.75) is 58.4 Å². The zero-order chi connectivity index (χ0) is 13.5. The summed E-state index contributed by atoms with van der Waals surface area (Å²) in [6, 6.07) is 4.49. The van der Waals surface area contributed by atoms with Gasteiger partial charge in [0.05, 0.1) is 6.61 Å². The van der Waals surface area contributed by atoms with Gasteiger partial charge in [0.1, 0.15) is 0 Å². The van der Waals surface area contributed by atoms with Crippen molar-refractivity contribution in [1.82, 2.24) is 4.98 Å². The fourth-order valence-corrected chi connectivity index (χ4v) is 2.65. The lowest BCUT2D eigenvalue weighted by Crippen LogP contribution is -2.19. The highest BCUT2D eigenvalue weighted by Crippen LogP contribution is 2.27. The van der Waals surface area contributed by atoms with Gasteiger partial charge in [-0.3, -0.25) is 0 Å². The summed E-state index contributed by atoms with van der Waals surface area (Å²) in [4.78, 5) is 4.44.